The SMILES string of the molecule is CC/C=C\C/C=C\C/C=C\C/C=C\CCCCCCCCCCCCCCCCCCCCCCCCCCCCCCC(=O)NC(COP(=O)([O-])OCC[N+](C)(C)C)C(O)/C=C/CC/C=C/CCCCC. The highest BCUT2D eigenvalue weighted by Crippen LogP contribution is 2.38. The number of likely N-dealkylation sites (N-methyl/N-ethyl adjacent to an activating group) is 1. The van der Waals surface area contributed by atoms with E-state index in [0.29, 0.717) is 17.4 Å². The van der Waals surface area contributed by atoms with Crippen molar-refractivity contribution in [2.45, 2.75) is 283 Å². The largest absolute Gasteiger partial charge is 0.756 e. The number of hydrogen-bond acceptors (Lipinski definition) is 6. The summed E-state index contributed by atoms with van der Waals surface area (Å²) >= 11 is 0. The zero-order valence-corrected chi connectivity index (χ0v) is 48.8. The number of carbonyl (C=O) groups excluding carboxylic acids is 1. The number of unbranched alkanes of at least 4 members (excludes halogenated alkanes) is 32. The maximum absolute atomic E-state index is 12.9. The summed E-state index contributed by atoms with van der Waals surface area (Å²) in [5, 5.41) is 13.7. The molecule has 0 bridgehead atoms. The van der Waals surface area contributed by atoms with Gasteiger partial charge in [-0.15, -0.1) is 0 Å². The molecule has 0 spiro atoms. The molecule has 0 saturated carbocycles. The summed E-state index contributed by atoms with van der Waals surface area (Å²) in [5.41, 5.74) is 0. The molecule has 0 aliphatic rings. The van der Waals surface area contributed by atoms with Crippen LogP contribution < -0.4 is 10.2 Å². The molecule has 2 N–H and O–H groups in total. The number of nitrogens with zero attached hydrogens (tertiary/aromatic N) is 1. The zero-order valence-electron chi connectivity index (χ0n) is 47.9. The Balaban J connectivity index is 3.77. The lowest BCUT2D eigenvalue weighted by atomic mass is 10.0. The maximum atomic E-state index is 12.9. The van der Waals surface area contributed by atoms with Crippen LogP contribution in [0.15, 0.2) is 72.9 Å². The van der Waals surface area contributed by atoms with Gasteiger partial charge in [0.2, 0.25) is 5.91 Å². The van der Waals surface area contributed by atoms with E-state index in [1.807, 2.05) is 27.2 Å². The number of phosphoric acid groups is 1. The first-order valence-corrected chi connectivity index (χ1v) is 31.8. The van der Waals surface area contributed by atoms with Gasteiger partial charge in [0.15, 0.2) is 0 Å². The Morgan fingerprint density at radius 3 is 1.29 bits per heavy atom. The minimum atomic E-state index is -4.59. The third-order valence-corrected chi connectivity index (χ3v) is 14.4. The van der Waals surface area contributed by atoms with Crippen LogP contribution in [-0.4, -0.2) is 68.5 Å². The standard InChI is InChI=1S/C63H117N2O6P/c1-6-8-10-12-14-16-17-18-19-20-21-22-23-24-25-26-27-28-29-30-31-32-33-34-35-36-37-38-39-40-41-42-43-44-45-46-47-49-51-53-55-57-63(67)64-61(60-71-72(68,69)70-59-58-65(3,4)5)62(66)56-54-52-50-48-15-13-11-9-7-2/h8,10,14-16,18-19,21-22,48,54,56,61-62,66H,6-7,9,11-13,17,20,23-47,49-53,55,57-60H2,1-5H3,(H-,64,67,68,69)/b10-8-,16-14-,19-18-,22-21-,48-15+,56-54+. The van der Waals surface area contributed by atoms with Gasteiger partial charge in [-0.05, 0) is 70.6 Å². The molecule has 72 heavy (non-hydrogen) atoms. The van der Waals surface area contributed by atoms with Gasteiger partial charge < -0.3 is 28.8 Å². The van der Waals surface area contributed by atoms with Gasteiger partial charge in [0.1, 0.15) is 13.2 Å². The van der Waals surface area contributed by atoms with Crippen molar-refractivity contribution in [1.82, 2.24) is 5.32 Å². The number of aliphatic hydroxyl groups excluding tert-OH is 1. The fourth-order valence-corrected chi connectivity index (χ4v) is 9.41. The topological polar surface area (TPSA) is 108 Å². The van der Waals surface area contributed by atoms with Gasteiger partial charge in [-0.3, -0.25) is 9.36 Å². The van der Waals surface area contributed by atoms with E-state index in [1.54, 1.807) is 6.08 Å². The third kappa shape index (κ3) is 55.7. The molecule has 0 aromatic rings. The van der Waals surface area contributed by atoms with Crippen LogP contribution >= 0.6 is 7.82 Å². The molecule has 1 amide bonds. The summed E-state index contributed by atoms with van der Waals surface area (Å²) in [5.74, 6) is -0.207. The van der Waals surface area contributed by atoms with E-state index in [0.717, 1.165) is 64.2 Å². The first-order valence-electron chi connectivity index (χ1n) is 30.3. The molecule has 0 aliphatic heterocycles. The molecule has 0 aliphatic carbocycles. The second-order valence-electron chi connectivity index (χ2n) is 21.7. The fraction of sp³-hybridized carbons (Fsp3) is 0.794. The quantitative estimate of drug-likeness (QED) is 0.0272. The van der Waals surface area contributed by atoms with Gasteiger partial charge in [0.05, 0.1) is 39.9 Å². The van der Waals surface area contributed by atoms with Gasteiger partial charge >= 0.3 is 0 Å². The second kappa shape index (κ2) is 53.8. The van der Waals surface area contributed by atoms with E-state index in [9.17, 15) is 19.4 Å². The predicted molar refractivity (Wildman–Crippen MR) is 311 cm³/mol. The number of amides is 1. The van der Waals surface area contributed by atoms with Crippen LogP contribution in [0.5, 0.6) is 0 Å². The van der Waals surface area contributed by atoms with E-state index >= 15 is 0 Å². The number of nitrogens with one attached hydrogen (secondary N) is 1. The minimum absolute atomic E-state index is 0.00654. The Morgan fingerprint density at radius 1 is 0.500 bits per heavy atom. The lowest BCUT2D eigenvalue weighted by Gasteiger charge is -2.29. The summed E-state index contributed by atoms with van der Waals surface area (Å²) in [6.45, 7) is 4.47. The summed E-state index contributed by atoms with van der Waals surface area (Å²) in [4.78, 5) is 25.3. The normalized spacial score (nSPS) is 14.4. The van der Waals surface area contributed by atoms with Crippen molar-refractivity contribution < 1.29 is 32.9 Å². The molecule has 8 nitrogen and oxygen atoms in total. The van der Waals surface area contributed by atoms with Crippen LogP contribution in [0.25, 0.3) is 0 Å². The maximum Gasteiger partial charge on any atom is 0.268 e. The average Bonchev–Trinajstić information content (AvgIpc) is 3.34. The van der Waals surface area contributed by atoms with E-state index in [1.165, 1.54) is 186 Å². The molecule has 0 fully saturated rings. The number of phosphoric ester groups is 1. The van der Waals surface area contributed by atoms with Crippen molar-refractivity contribution in [2.75, 3.05) is 40.9 Å². The lowest BCUT2D eigenvalue weighted by molar-refractivity contribution is -0.870. The van der Waals surface area contributed by atoms with Crippen molar-refractivity contribution in [2.24, 2.45) is 0 Å². The molecule has 0 aromatic carbocycles. The minimum Gasteiger partial charge on any atom is -0.756 e. The van der Waals surface area contributed by atoms with Crippen molar-refractivity contribution >= 4 is 13.7 Å². The molecule has 0 aromatic heterocycles. The summed E-state index contributed by atoms with van der Waals surface area (Å²) in [6, 6.07) is -0.901. The van der Waals surface area contributed by atoms with E-state index in [-0.39, 0.29) is 12.5 Å². The second-order valence-corrected chi connectivity index (χ2v) is 23.1. The molecular weight excluding hydrogens is 912 g/mol. The highest BCUT2D eigenvalue weighted by Gasteiger charge is 2.23. The van der Waals surface area contributed by atoms with Crippen LogP contribution in [-0.2, 0) is 18.4 Å². The van der Waals surface area contributed by atoms with E-state index in [4.69, 9.17) is 9.05 Å². The van der Waals surface area contributed by atoms with Crippen molar-refractivity contribution in [3.8, 4) is 0 Å². The van der Waals surface area contributed by atoms with Crippen LogP contribution in [0, 0.1) is 0 Å². The van der Waals surface area contributed by atoms with Crippen molar-refractivity contribution in [3.05, 3.63) is 72.9 Å². The molecule has 0 heterocycles. The van der Waals surface area contributed by atoms with Gasteiger partial charge in [-0.2, -0.15) is 0 Å². The van der Waals surface area contributed by atoms with Crippen LogP contribution in [0.1, 0.15) is 271 Å². The molecule has 3 atom stereocenters. The molecule has 0 rings (SSSR count). The summed E-state index contributed by atoms with van der Waals surface area (Å²) < 4.78 is 23.2. The molecule has 0 saturated heterocycles. The Bertz CT molecular complexity index is 1400. The number of aliphatic hydroxyl groups is 1. The molecular formula is C63H117N2O6P. The number of carbonyl (C=O) groups is 1. The Labute approximate surface area is 446 Å². The third-order valence-electron chi connectivity index (χ3n) is 13.4. The number of rotatable bonds is 55. The van der Waals surface area contributed by atoms with Gasteiger partial charge in [-0.25, -0.2) is 0 Å². The predicted octanol–water partition coefficient (Wildman–Crippen LogP) is 18.0. The molecule has 3 unspecified atom stereocenters. The van der Waals surface area contributed by atoms with E-state index in [2.05, 4.69) is 79.9 Å². The Hall–Kier alpha value is -2.06. The van der Waals surface area contributed by atoms with Crippen molar-refractivity contribution in [1.29, 1.82) is 0 Å². The van der Waals surface area contributed by atoms with E-state index < -0.39 is 26.6 Å². The van der Waals surface area contributed by atoms with Crippen molar-refractivity contribution in [3.63, 3.8) is 0 Å². The summed E-state index contributed by atoms with van der Waals surface area (Å²) in [7, 11) is 1.25. The molecule has 9 heteroatoms. The van der Waals surface area contributed by atoms with Gasteiger partial charge in [0.25, 0.3) is 7.82 Å². The highest BCUT2D eigenvalue weighted by atomic mass is 31.2. The number of hydrogen-bond donors (Lipinski definition) is 2. The van der Waals surface area contributed by atoms with Gasteiger partial charge in [-0.1, -0.05) is 267 Å². The average molecular weight is 1030 g/mol. The molecule has 0 radical (unpaired) electrons. The smallest absolute Gasteiger partial charge is 0.268 e. The number of quaternary nitrogens is 1. The lowest BCUT2D eigenvalue weighted by Crippen LogP contribution is -2.45. The first kappa shape index (κ1) is 69.9. The summed E-state index contributed by atoms with van der Waals surface area (Å²) in [6.07, 6.45) is 74.8. The number of allylic oxidation sites excluding steroid dienone is 11. The Morgan fingerprint density at radius 2 is 0.861 bits per heavy atom. The Kier molecular flexibility index (Phi) is 52.2. The monoisotopic (exact) mass is 1030 g/mol. The van der Waals surface area contributed by atoms with Crippen LogP contribution in [0.4, 0.5) is 0 Å². The highest BCUT2D eigenvalue weighted by molar-refractivity contribution is 7.45. The molecule has 420 valence electrons. The van der Waals surface area contributed by atoms with Crippen LogP contribution in [0.2, 0.25) is 0 Å². The van der Waals surface area contributed by atoms with Crippen LogP contribution in [0.3, 0.4) is 0 Å². The zero-order chi connectivity index (χ0) is 52.7. The van der Waals surface area contributed by atoms with Gasteiger partial charge in [0, 0.05) is 6.42 Å². The first-order chi connectivity index (χ1) is 35.0. The fourth-order valence-electron chi connectivity index (χ4n) is 8.69.